The van der Waals surface area contributed by atoms with Crippen LogP contribution in [-0.4, -0.2) is 35.4 Å². The van der Waals surface area contributed by atoms with Gasteiger partial charge in [0.1, 0.15) is 5.58 Å². The first-order valence-corrected chi connectivity index (χ1v) is 7.77. The molecule has 1 saturated heterocycles. The predicted octanol–water partition coefficient (Wildman–Crippen LogP) is 3.32. The molecule has 2 heterocycles. The van der Waals surface area contributed by atoms with E-state index in [4.69, 9.17) is 4.42 Å². The average molecular weight is 275 g/mol. The highest BCUT2D eigenvalue weighted by atomic mass is 32.2. The third-order valence-corrected chi connectivity index (χ3v) is 4.44. The van der Waals surface area contributed by atoms with E-state index in [-0.39, 0.29) is 5.91 Å². The lowest BCUT2D eigenvalue weighted by Crippen LogP contribution is -2.32. The number of carbonyl (C=O) groups is 1. The molecule has 0 aliphatic carbocycles. The van der Waals surface area contributed by atoms with Gasteiger partial charge in [0.2, 0.25) is 0 Å². The van der Waals surface area contributed by atoms with Crippen LogP contribution in [0.15, 0.2) is 28.7 Å². The summed E-state index contributed by atoms with van der Waals surface area (Å²) in [6.07, 6.45) is 1.07. The van der Waals surface area contributed by atoms with E-state index in [1.54, 1.807) is 0 Å². The van der Waals surface area contributed by atoms with Crippen LogP contribution in [0.5, 0.6) is 0 Å². The smallest absolute Gasteiger partial charge is 0.289 e. The van der Waals surface area contributed by atoms with Crippen molar-refractivity contribution in [3.63, 3.8) is 0 Å². The Morgan fingerprint density at radius 2 is 2.16 bits per heavy atom. The molecule has 0 spiro atoms. The largest absolute Gasteiger partial charge is 0.451 e. The van der Waals surface area contributed by atoms with Crippen LogP contribution in [0, 0.1) is 6.92 Å². The Morgan fingerprint density at radius 1 is 1.26 bits per heavy atom. The van der Waals surface area contributed by atoms with Crippen LogP contribution in [-0.2, 0) is 0 Å². The Bertz CT molecular complexity index is 597. The maximum absolute atomic E-state index is 12.4. The number of thioether (sulfide) groups is 1. The van der Waals surface area contributed by atoms with Crippen molar-refractivity contribution in [1.29, 1.82) is 0 Å². The summed E-state index contributed by atoms with van der Waals surface area (Å²) in [5.41, 5.74) is 1.97. The summed E-state index contributed by atoms with van der Waals surface area (Å²) in [5, 5.41) is 1.01. The molecule has 2 aromatic rings. The second-order valence-corrected chi connectivity index (χ2v) is 6.13. The van der Waals surface area contributed by atoms with Crippen LogP contribution < -0.4 is 0 Å². The van der Waals surface area contributed by atoms with Crippen molar-refractivity contribution in [1.82, 2.24) is 4.90 Å². The molecule has 1 aliphatic heterocycles. The fourth-order valence-corrected chi connectivity index (χ4v) is 3.26. The normalized spacial score (nSPS) is 16.6. The molecule has 1 aliphatic rings. The number of hydrogen-bond acceptors (Lipinski definition) is 3. The molecule has 3 rings (SSSR count). The fourth-order valence-electron chi connectivity index (χ4n) is 2.37. The Kier molecular flexibility index (Phi) is 3.51. The third kappa shape index (κ3) is 2.63. The monoisotopic (exact) mass is 275 g/mol. The minimum atomic E-state index is 0.0244. The molecule has 1 fully saturated rings. The quantitative estimate of drug-likeness (QED) is 0.800. The van der Waals surface area contributed by atoms with Gasteiger partial charge in [-0.25, -0.2) is 0 Å². The minimum absolute atomic E-state index is 0.0244. The average Bonchev–Trinajstić information content (AvgIpc) is 2.64. The fraction of sp³-hybridized carbons (Fsp3) is 0.400. The van der Waals surface area contributed by atoms with Crippen LogP contribution in [0.4, 0.5) is 0 Å². The Balaban J connectivity index is 1.88. The zero-order valence-electron chi connectivity index (χ0n) is 11.0. The number of nitrogens with zero attached hydrogens (tertiary/aromatic N) is 1. The lowest BCUT2D eigenvalue weighted by Gasteiger charge is -2.18. The number of rotatable bonds is 1. The number of amides is 1. The van der Waals surface area contributed by atoms with Gasteiger partial charge < -0.3 is 9.32 Å². The molecule has 0 bridgehead atoms. The Hall–Kier alpha value is -1.42. The van der Waals surface area contributed by atoms with E-state index in [0.29, 0.717) is 5.76 Å². The summed E-state index contributed by atoms with van der Waals surface area (Å²) < 4.78 is 5.68. The third-order valence-electron chi connectivity index (χ3n) is 3.39. The van der Waals surface area contributed by atoms with E-state index < -0.39 is 0 Å². The molecule has 0 atom stereocenters. The zero-order valence-corrected chi connectivity index (χ0v) is 11.8. The summed E-state index contributed by atoms with van der Waals surface area (Å²) >= 11 is 1.91. The highest BCUT2D eigenvalue weighted by Gasteiger charge is 2.20. The second-order valence-electron chi connectivity index (χ2n) is 4.91. The van der Waals surface area contributed by atoms with Crippen molar-refractivity contribution >= 4 is 28.6 Å². The number of benzene rings is 1. The van der Waals surface area contributed by atoms with E-state index in [1.165, 1.54) is 5.56 Å². The predicted molar refractivity (Wildman–Crippen MR) is 78.8 cm³/mol. The molecule has 1 aromatic carbocycles. The number of furan rings is 1. The lowest BCUT2D eigenvalue weighted by atomic mass is 10.2. The molecule has 0 saturated carbocycles. The molecule has 0 radical (unpaired) electrons. The van der Waals surface area contributed by atoms with Crippen molar-refractivity contribution in [2.24, 2.45) is 0 Å². The summed E-state index contributed by atoms with van der Waals surface area (Å²) in [6, 6.07) is 7.85. The van der Waals surface area contributed by atoms with Crippen molar-refractivity contribution in [3.8, 4) is 0 Å². The number of fused-ring (bicyclic) bond motifs is 1. The molecule has 19 heavy (non-hydrogen) atoms. The molecule has 3 nitrogen and oxygen atoms in total. The van der Waals surface area contributed by atoms with Gasteiger partial charge in [0, 0.05) is 24.2 Å². The topological polar surface area (TPSA) is 33.5 Å². The Labute approximate surface area is 117 Å². The number of carbonyl (C=O) groups excluding carboxylic acids is 1. The van der Waals surface area contributed by atoms with Crippen molar-refractivity contribution in [2.75, 3.05) is 24.6 Å². The highest BCUT2D eigenvalue weighted by Crippen LogP contribution is 2.22. The van der Waals surface area contributed by atoms with Crippen LogP contribution in [0.1, 0.15) is 22.5 Å². The number of aryl methyl sites for hydroxylation is 1. The minimum Gasteiger partial charge on any atom is -0.451 e. The zero-order chi connectivity index (χ0) is 13.2. The van der Waals surface area contributed by atoms with E-state index in [9.17, 15) is 4.79 Å². The first-order valence-electron chi connectivity index (χ1n) is 6.61. The van der Waals surface area contributed by atoms with Gasteiger partial charge in [0.15, 0.2) is 5.76 Å². The van der Waals surface area contributed by atoms with Gasteiger partial charge in [-0.05, 0) is 37.3 Å². The van der Waals surface area contributed by atoms with Gasteiger partial charge in [-0.3, -0.25) is 4.79 Å². The molecule has 100 valence electrons. The molecule has 0 unspecified atom stereocenters. The molecule has 4 heteroatoms. The van der Waals surface area contributed by atoms with E-state index in [1.807, 2.05) is 47.9 Å². The van der Waals surface area contributed by atoms with Crippen molar-refractivity contribution in [3.05, 3.63) is 35.6 Å². The standard InChI is InChI=1S/C15H17NO2S/c1-11-3-4-13-12(9-11)10-14(18-13)15(17)16-5-2-7-19-8-6-16/h3-4,9-10H,2,5-8H2,1H3. The van der Waals surface area contributed by atoms with Crippen LogP contribution >= 0.6 is 11.8 Å². The first-order chi connectivity index (χ1) is 9.24. The molecule has 1 aromatic heterocycles. The number of hydrogen-bond donors (Lipinski definition) is 0. The molecular weight excluding hydrogens is 258 g/mol. The maximum Gasteiger partial charge on any atom is 0.289 e. The van der Waals surface area contributed by atoms with Gasteiger partial charge >= 0.3 is 0 Å². The summed E-state index contributed by atoms with van der Waals surface area (Å²) in [7, 11) is 0. The van der Waals surface area contributed by atoms with E-state index in [2.05, 4.69) is 0 Å². The highest BCUT2D eigenvalue weighted by molar-refractivity contribution is 7.99. The van der Waals surface area contributed by atoms with Gasteiger partial charge in [-0.2, -0.15) is 11.8 Å². The van der Waals surface area contributed by atoms with Gasteiger partial charge in [0.05, 0.1) is 0 Å². The lowest BCUT2D eigenvalue weighted by molar-refractivity contribution is 0.0739. The molecule has 1 amide bonds. The van der Waals surface area contributed by atoms with Gasteiger partial charge in [-0.15, -0.1) is 0 Å². The van der Waals surface area contributed by atoms with Crippen LogP contribution in [0.3, 0.4) is 0 Å². The second kappa shape index (κ2) is 5.29. The maximum atomic E-state index is 12.4. The molecule has 0 N–H and O–H groups in total. The summed E-state index contributed by atoms with van der Waals surface area (Å²) in [4.78, 5) is 14.3. The first kappa shape index (κ1) is 12.6. The van der Waals surface area contributed by atoms with E-state index in [0.717, 1.165) is 42.0 Å². The van der Waals surface area contributed by atoms with Gasteiger partial charge in [-0.1, -0.05) is 11.6 Å². The van der Waals surface area contributed by atoms with Crippen molar-refractivity contribution < 1.29 is 9.21 Å². The van der Waals surface area contributed by atoms with Crippen LogP contribution in [0.2, 0.25) is 0 Å². The Morgan fingerprint density at radius 3 is 3.05 bits per heavy atom. The van der Waals surface area contributed by atoms with Crippen molar-refractivity contribution in [2.45, 2.75) is 13.3 Å². The van der Waals surface area contributed by atoms with Crippen LogP contribution in [0.25, 0.3) is 11.0 Å². The van der Waals surface area contributed by atoms with E-state index >= 15 is 0 Å². The van der Waals surface area contributed by atoms with Gasteiger partial charge in [0.25, 0.3) is 5.91 Å². The molecular formula is C15H17NO2S. The SMILES string of the molecule is Cc1ccc2oc(C(=O)N3CCCSCC3)cc2c1. The summed E-state index contributed by atoms with van der Waals surface area (Å²) in [5.74, 6) is 2.65. The summed E-state index contributed by atoms with van der Waals surface area (Å²) in [6.45, 7) is 3.70.